The fourth-order valence-corrected chi connectivity index (χ4v) is 2.47. The average Bonchev–Trinajstić information content (AvgIpc) is 2.70. The van der Waals surface area contributed by atoms with Crippen LogP contribution in [0.1, 0.15) is 11.4 Å². The van der Waals surface area contributed by atoms with E-state index < -0.39 is 0 Å². The van der Waals surface area contributed by atoms with Gasteiger partial charge in [0.1, 0.15) is 11.6 Å². The minimum absolute atomic E-state index is 0.586. The summed E-state index contributed by atoms with van der Waals surface area (Å²) in [6.45, 7) is 5.27. The maximum Gasteiger partial charge on any atom is 0.131 e. The van der Waals surface area contributed by atoms with Gasteiger partial charge in [-0.05, 0) is 31.5 Å². The zero-order valence-electron chi connectivity index (χ0n) is 11.4. The first-order valence-corrected chi connectivity index (χ1v) is 6.53. The number of hydrogen-bond acceptors (Lipinski definition) is 3. The van der Waals surface area contributed by atoms with Crippen LogP contribution in [0.3, 0.4) is 0 Å². The highest BCUT2D eigenvalue weighted by molar-refractivity contribution is 6.31. The van der Waals surface area contributed by atoms with Crippen LogP contribution >= 0.6 is 11.6 Å². The summed E-state index contributed by atoms with van der Waals surface area (Å²) in [4.78, 5) is 4.56. The Morgan fingerprint density at radius 3 is 2.74 bits per heavy atom. The number of benzene rings is 1. The third kappa shape index (κ3) is 2.74. The van der Waals surface area contributed by atoms with E-state index in [0.29, 0.717) is 11.6 Å². The van der Waals surface area contributed by atoms with Gasteiger partial charge in [-0.25, -0.2) is 4.98 Å². The van der Waals surface area contributed by atoms with Crippen LogP contribution in [0.5, 0.6) is 5.75 Å². The van der Waals surface area contributed by atoms with Crippen molar-refractivity contribution in [2.75, 3.05) is 13.7 Å². The minimum Gasteiger partial charge on any atom is -0.496 e. The van der Waals surface area contributed by atoms with Gasteiger partial charge in [-0.2, -0.15) is 0 Å². The van der Waals surface area contributed by atoms with Gasteiger partial charge in [-0.3, -0.25) is 0 Å². The lowest BCUT2D eigenvalue weighted by Gasteiger charge is -2.10. The maximum absolute atomic E-state index is 6.13. The lowest BCUT2D eigenvalue weighted by Crippen LogP contribution is -2.10. The number of methoxy groups -OCH3 is 1. The molecule has 5 heteroatoms. The summed E-state index contributed by atoms with van der Waals surface area (Å²) < 4.78 is 7.49. The number of ether oxygens (including phenoxy) is 1. The van der Waals surface area contributed by atoms with E-state index in [-0.39, 0.29) is 0 Å². The Bertz CT molecular complexity index is 593. The molecular weight excluding hydrogens is 262 g/mol. The number of halogens is 1. The Morgan fingerprint density at radius 1 is 1.37 bits per heavy atom. The lowest BCUT2D eigenvalue weighted by atomic mass is 10.1. The molecule has 19 heavy (non-hydrogen) atoms. The predicted octanol–water partition coefficient (Wildman–Crippen LogP) is 2.79. The van der Waals surface area contributed by atoms with Crippen LogP contribution in [-0.4, -0.2) is 23.2 Å². The van der Waals surface area contributed by atoms with Gasteiger partial charge in [0.05, 0.1) is 12.8 Å². The van der Waals surface area contributed by atoms with Gasteiger partial charge in [0.15, 0.2) is 0 Å². The molecule has 0 aliphatic rings. The molecule has 0 aliphatic heterocycles. The normalized spacial score (nSPS) is 10.8. The topological polar surface area (TPSA) is 53.1 Å². The number of imidazole rings is 1. The van der Waals surface area contributed by atoms with Gasteiger partial charge in [-0.1, -0.05) is 11.6 Å². The van der Waals surface area contributed by atoms with E-state index in [4.69, 9.17) is 22.1 Å². The first-order valence-electron chi connectivity index (χ1n) is 6.15. The van der Waals surface area contributed by atoms with E-state index in [0.717, 1.165) is 34.9 Å². The first kappa shape index (κ1) is 13.9. The molecule has 4 nitrogen and oxygen atoms in total. The van der Waals surface area contributed by atoms with Crippen LogP contribution in [-0.2, 0) is 6.54 Å². The van der Waals surface area contributed by atoms with Crippen molar-refractivity contribution in [3.63, 3.8) is 0 Å². The quantitative estimate of drug-likeness (QED) is 0.936. The lowest BCUT2D eigenvalue weighted by molar-refractivity contribution is 0.413. The van der Waals surface area contributed by atoms with Crippen LogP contribution in [0.4, 0.5) is 0 Å². The van der Waals surface area contributed by atoms with E-state index in [1.165, 1.54) is 0 Å². The van der Waals surface area contributed by atoms with Crippen LogP contribution in [0.2, 0.25) is 5.02 Å². The third-order valence-electron chi connectivity index (χ3n) is 3.07. The monoisotopic (exact) mass is 279 g/mol. The summed E-state index contributed by atoms with van der Waals surface area (Å²) in [5, 5.41) is 0.680. The van der Waals surface area contributed by atoms with Gasteiger partial charge in [0.2, 0.25) is 0 Å². The van der Waals surface area contributed by atoms with Crippen LogP contribution in [0.25, 0.3) is 11.3 Å². The van der Waals surface area contributed by atoms with E-state index in [1.807, 2.05) is 36.7 Å². The van der Waals surface area contributed by atoms with Crippen molar-refractivity contribution in [1.82, 2.24) is 9.55 Å². The second-order valence-electron chi connectivity index (χ2n) is 4.46. The number of hydrogen-bond donors (Lipinski definition) is 1. The van der Waals surface area contributed by atoms with Crippen molar-refractivity contribution in [2.45, 2.75) is 20.4 Å². The molecule has 1 aromatic heterocycles. The van der Waals surface area contributed by atoms with Crippen molar-refractivity contribution < 1.29 is 4.74 Å². The summed E-state index contributed by atoms with van der Waals surface area (Å²) in [6, 6.07) is 3.76. The molecule has 1 aromatic carbocycles. The number of rotatable bonds is 4. The van der Waals surface area contributed by atoms with Gasteiger partial charge in [0.25, 0.3) is 0 Å². The SMILES string of the molecule is COc1c(C)cc(Cl)cc1-c1cn(CCN)c(C)n1. The van der Waals surface area contributed by atoms with Crippen LogP contribution in [0.15, 0.2) is 18.3 Å². The summed E-state index contributed by atoms with van der Waals surface area (Å²) in [5.41, 5.74) is 8.35. The Hall–Kier alpha value is -1.52. The van der Waals surface area contributed by atoms with Gasteiger partial charge >= 0.3 is 0 Å². The molecule has 0 atom stereocenters. The molecule has 0 bridgehead atoms. The molecule has 2 aromatic rings. The Labute approximate surface area is 118 Å². The van der Waals surface area contributed by atoms with Crippen molar-refractivity contribution in [3.8, 4) is 17.0 Å². The van der Waals surface area contributed by atoms with E-state index in [2.05, 4.69) is 4.98 Å². The number of nitrogens with zero attached hydrogens (tertiary/aromatic N) is 2. The minimum atomic E-state index is 0.586. The highest BCUT2D eigenvalue weighted by Gasteiger charge is 2.14. The molecular formula is C14H18ClN3O. The molecule has 2 N–H and O–H groups in total. The van der Waals surface area contributed by atoms with E-state index >= 15 is 0 Å². The maximum atomic E-state index is 6.13. The van der Waals surface area contributed by atoms with E-state index in [1.54, 1.807) is 7.11 Å². The Kier molecular flexibility index (Phi) is 4.12. The number of aryl methyl sites for hydroxylation is 2. The highest BCUT2D eigenvalue weighted by atomic mass is 35.5. The summed E-state index contributed by atoms with van der Waals surface area (Å²) >= 11 is 6.13. The number of aromatic nitrogens is 2. The van der Waals surface area contributed by atoms with Gasteiger partial charge in [-0.15, -0.1) is 0 Å². The number of nitrogens with two attached hydrogens (primary N) is 1. The molecule has 0 radical (unpaired) electrons. The molecule has 0 saturated heterocycles. The van der Waals surface area contributed by atoms with Crippen molar-refractivity contribution in [2.24, 2.45) is 5.73 Å². The molecule has 0 spiro atoms. The van der Waals surface area contributed by atoms with Crippen LogP contribution in [0, 0.1) is 13.8 Å². The molecule has 1 heterocycles. The molecule has 0 unspecified atom stereocenters. The molecule has 102 valence electrons. The zero-order chi connectivity index (χ0) is 14.0. The molecule has 2 rings (SSSR count). The predicted molar refractivity (Wildman–Crippen MR) is 77.8 cm³/mol. The van der Waals surface area contributed by atoms with Crippen molar-refractivity contribution >= 4 is 11.6 Å². The van der Waals surface area contributed by atoms with Crippen molar-refractivity contribution in [3.05, 3.63) is 34.7 Å². The smallest absolute Gasteiger partial charge is 0.131 e. The second-order valence-corrected chi connectivity index (χ2v) is 4.90. The summed E-state index contributed by atoms with van der Waals surface area (Å²) in [5.74, 6) is 1.74. The molecule has 0 saturated carbocycles. The fraction of sp³-hybridized carbons (Fsp3) is 0.357. The summed E-state index contributed by atoms with van der Waals surface area (Å²) in [7, 11) is 1.66. The standard InChI is InChI=1S/C14H18ClN3O/c1-9-6-11(15)7-12(14(9)19-3)13-8-18(5-4-16)10(2)17-13/h6-8H,4-5,16H2,1-3H3. The molecule has 0 fully saturated rings. The van der Waals surface area contributed by atoms with Gasteiger partial charge in [0, 0.05) is 29.9 Å². The first-order chi connectivity index (χ1) is 9.06. The average molecular weight is 280 g/mol. The molecule has 0 aliphatic carbocycles. The second kappa shape index (κ2) is 5.63. The van der Waals surface area contributed by atoms with Crippen molar-refractivity contribution in [1.29, 1.82) is 0 Å². The largest absolute Gasteiger partial charge is 0.496 e. The van der Waals surface area contributed by atoms with E-state index in [9.17, 15) is 0 Å². The zero-order valence-corrected chi connectivity index (χ0v) is 12.2. The highest BCUT2D eigenvalue weighted by Crippen LogP contribution is 2.35. The third-order valence-corrected chi connectivity index (χ3v) is 3.28. The Balaban J connectivity index is 2.55. The molecule has 0 amide bonds. The van der Waals surface area contributed by atoms with Gasteiger partial charge < -0.3 is 15.0 Å². The summed E-state index contributed by atoms with van der Waals surface area (Å²) in [6.07, 6.45) is 1.98. The fourth-order valence-electron chi connectivity index (χ4n) is 2.19. The Morgan fingerprint density at radius 2 is 2.11 bits per heavy atom. The van der Waals surface area contributed by atoms with Crippen LogP contribution < -0.4 is 10.5 Å².